The van der Waals surface area contributed by atoms with Crippen molar-refractivity contribution in [1.29, 1.82) is 0 Å². The number of nitrogens with one attached hydrogen (secondary N) is 1. The van der Waals surface area contributed by atoms with E-state index in [1.807, 2.05) is 0 Å². The van der Waals surface area contributed by atoms with Crippen LogP contribution in [-0.4, -0.2) is 52.8 Å². The Balaban J connectivity index is 4.54. The average Bonchev–Trinajstić information content (AvgIpc) is 2.12. The van der Waals surface area contributed by atoms with Gasteiger partial charge in [0.05, 0.1) is 19.8 Å². The first-order valence-corrected chi connectivity index (χ1v) is 3.53. The van der Waals surface area contributed by atoms with Crippen molar-refractivity contribution in [2.45, 2.75) is 11.7 Å². The van der Waals surface area contributed by atoms with Crippen molar-refractivity contribution in [3.8, 4) is 0 Å². The summed E-state index contributed by atoms with van der Waals surface area (Å²) in [7, 11) is 0. The van der Waals surface area contributed by atoms with Crippen LogP contribution in [0.25, 0.3) is 0 Å². The summed E-state index contributed by atoms with van der Waals surface area (Å²) in [6.45, 7) is -2.99. The molecule has 14 heavy (non-hydrogen) atoms. The number of amides is 1. The Morgan fingerprint density at radius 2 is 1.43 bits per heavy atom. The van der Waals surface area contributed by atoms with Crippen LogP contribution in [0.3, 0.4) is 0 Å². The molecule has 0 saturated carbocycles. The molecule has 0 aromatic rings. The highest BCUT2D eigenvalue weighted by atomic mass is 19.4. The number of hydrogen-bond donors (Lipinski definition) is 4. The fourth-order valence-electron chi connectivity index (χ4n) is 0.580. The Bertz CT molecular complexity index is 193. The van der Waals surface area contributed by atoms with Crippen LogP contribution in [0.2, 0.25) is 0 Å². The maximum absolute atomic E-state index is 11.7. The van der Waals surface area contributed by atoms with E-state index < -0.39 is 37.4 Å². The standard InChI is InChI=1S/C6H10F3NO4/c7-6(8,9)4(14)10-5(1-11,2-12)3-13/h11-13H,1-3H2,(H,10,14). The van der Waals surface area contributed by atoms with E-state index in [2.05, 4.69) is 0 Å². The lowest BCUT2D eigenvalue weighted by Gasteiger charge is -2.28. The van der Waals surface area contributed by atoms with Gasteiger partial charge in [0.15, 0.2) is 0 Å². The number of alkyl halides is 3. The normalized spacial score (nSPS) is 12.7. The van der Waals surface area contributed by atoms with Crippen LogP contribution in [0.5, 0.6) is 0 Å². The Kier molecular flexibility index (Phi) is 4.30. The summed E-state index contributed by atoms with van der Waals surface area (Å²) in [5, 5.41) is 27.1. The fourth-order valence-corrected chi connectivity index (χ4v) is 0.580. The van der Waals surface area contributed by atoms with Gasteiger partial charge < -0.3 is 20.6 Å². The highest BCUT2D eigenvalue weighted by molar-refractivity contribution is 5.82. The quantitative estimate of drug-likeness (QED) is 0.455. The zero-order valence-corrected chi connectivity index (χ0v) is 7.01. The second-order valence-electron chi connectivity index (χ2n) is 2.71. The van der Waals surface area contributed by atoms with Gasteiger partial charge in [-0.15, -0.1) is 0 Å². The molecule has 0 bridgehead atoms. The monoisotopic (exact) mass is 217 g/mol. The molecule has 0 aromatic heterocycles. The molecular formula is C6H10F3NO4. The molecule has 0 radical (unpaired) electrons. The number of rotatable bonds is 4. The van der Waals surface area contributed by atoms with E-state index in [0.717, 1.165) is 0 Å². The van der Waals surface area contributed by atoms with Crippen LogP contribution in [0.4, 0.5) is 13.2 Å². The summed E-state index contributed by atoms with van der Waals surface area (Å²) < 4.78 is 35.2. The number of carbonyl (C=O) groups excluding carboxylic acids is 1. The highest BCUT2D eigenvalue weighted by Crippen LogP contribution is 2.16. The Hall–Kier alpha value is -0.860. The predicted octanol–water partition coefficient (Wildman–Crippen LogP) is -1.62. The van der Waals surface area contributed by atoms with Crippen LogP contribution < -0.4 is 5.32 Å². The van der Waals surface area contributed by atoms with Gasteiger partial charge in [0.1, 0.15) is 5.54 Å². The molecule has 0 aliphatic rings. The molecule has 0 atom stereocenters. The Morgan fingerprint density at radius 3 is 1.64 bits per heavy atom. The van der Waals surface area contributed by atoms with E-state index >= 15 is 0 Å². The summed E-state index contributed by atoms with van der Waals surface area (Å²) in [6.07, 6.45) is -5.12. The maximum atomic E-state index is 11.7. The van der Waals surface area contributed by atoms with Gasteiger partial charge in [0.25, 0.3) is 0 Å². The van der Waals surface area contributed by atoms with E-state index in [4.69, 9.17) is 15.3 Å². The summed E-state index contributed by atoms with van der Waals surface area (Å²) in [4.78, 5) is 10.4. The number of hydrogen-bond acceptors (Lipinski definition) is 4. The smallest absolute Gasteiger partial charge is 0.394 e. The fraction of sp³-hybridized carbons (Fsp3) is 0.833. The van der Waals surface area contributed by atoms with Crippen molar-refractivity contribution in [2.75, 3.05) is 19.8 Å². The minimum Gasteiger partial charge on any atom is -0.394 e. The number of aliphatic hydroxyl groups excluding tert-OH is 3. The molecule has 0 spiro atoms. The summed E-state index contributed by atoms with van der Waals surface area (Å²) >= 11 is 0. The van der Waals surface area contributed by atoms with E-state index in [1.165, 1.54) is 5.32 Å². The van der Waals surface area contributed by atoms with Gasteiger partial charge in [0.2, 0.25) is 0 Å². The number of halogens is 3. The Labute approximate surface area is 77.2 Å². The van der Waals surface area contributed by atoms with Crippen molar-refractivity contribution >= 4 is 5.91 Å². The van der Waals surface area contributed by atoms with Crippen LogP contribution >= 0.6 is 0 Å². The molecule has 84 valence electrons. The molecule has 0 unspecified atom stereocenters. The summed E-state index contributed by atoms with van der Waals surface area (Å²) in [5.41, 5.74) is -2.05. The van der Waals surface area contributed by atoms with E-state index in [0.29, 0.717) is 0 Å². The zero-order valence-electron chi connectivity index (χ0n) is 7.01. The molecule has 8 heteroatoms. The van der Waals surface area contributed by atoms with E-state index in [-0.39, 0.29) is 0 Å². The van der Waals surface area contributed by atoms with Gasteiger partial charge in [-0.2, -0.15) is 13.2 Å². The molecule has 0 aliphatic heterocycles. The second-order valence-corrected chi connectivity index (χ2v) is 2.71. The van der Waals surface area contributed by atoms with E-state index in [9.17, 15) is 18.0 Å². The molecule has 0 aliphatic carbocycles. The van der Waals surface area contributed by atoms with Crippen LogP contribution in [0, 0.1) is 0 Å². The first-order valence-electron chi connectivity index (χ1n) is 3.53. The largest absolute Gasteiger partial charge is 0.471 e. The maximum Gasteiger partial charge on any atom is 0.471 e. The van der Waals surface area contributed by atoms with Crippen molar-refractivity contribution < 1.29 is 33.3 Å². The van der Waals surface area contributed by atoms with Crippen molar-refractivity contribution in [3.63, 3.8) is 0 Å². The molecule has 1 amide bonds. The van der Waals surface area contributed by atoms with Crippen LogP contribution in [0.1, 0.15) is 0 Å². The zero-order chi connectivity index (χ0) is 11.4. The van der Waals surface area contributed by atoms with Gasteiger partial charge >= 0.3 is 12.1 Å². The van der Waals surface area contributed by atoms with Crippen LogP contribution in [-0.2, 0) is 4.79 Å². The number of carbonyl (C=O) groups is 1. The van der Waals surface area contributed by atoms with Crippen molar-refractivity contribution in [2.24, 2.45) is 0 Å². The molecule has 0 fully saturated rings. The third kappa shape index (κ3) is 3.13. The lowest BCUT2D eigenvalue weighted by Crippen LogP contribution is -2.59. The van der Waals surface area contributed by atoms with Gasteiger partial charge in [0, 0.05) is 0 Å². The van der Waals surface area contributed by atoms with Gasteiger partial charge in [-0.05, 0) is 0 Å². The second kappa shape index (κ2) is 4.58. The van der Waals surface area contributed by atoms with Crippen molar-refractivity contribution in [1.82, 2.24) is 5.32 Å². The molecule has 5 nitrogen and oxygen atoms in total. The van der Waals surface area contributed by atoms with Gasteiger partial charge in [-0.1, -0.05) is 0 Å². The van der Waals surface area contributed by atoms with Crippen LogP contribution in [0.15, 0.2) is 0 Å². The SMILES string of the molecule is O=C(NC(CO)(CO)CO)C(F)(F)F. The lowest BCUT2D eigenvalue weighted by molar-refractivity contribution is -0.177. The van der Waals surface area contributed by atoms with Gasteiger partial charge in [-0.25, -0.2) is 0 Å². The first-order chi connectivity index (χ1) is 6.31. The summed E-state index contributed by atoms with van der Waals surface area (Å²) in [6, 6.07) is 0. The molecular weight excluding hydrogens is 207 g/mol. The Morgan fingerprint density at radius 1 is 1.07 bits per heavy atom. The third-order valence-electron chi connectivity index (χ3n) is 1.54. The molecule has 4 N–H and O–H groups in total. The highest BCUT2D eigenvalue weighted by Gasteiger charge is 2.43. The predicted molar refractivity (Wildman–Crippen MR) is 38.2 cm³/mol. The molecule has 0 rings (SSSR count). The molecule has 0 heterocycles. The average molecular weight is 217 g/mol. The topological polar surface area (TPSA) is 89.8 Å². The third-order valence-corrected chi connectivity index (χ3v) is 1.54. The summed E-state index contributed by atoms with van der Waals surface area (Å²) in [5.74, 6) is -2.32. The molecule has 0 aromatic carbocycles. The number of aliphatic hydroxyl groups is 3. The van der Waals surface area contributed by atoms with E-state index in [1.54, 1.807) is 0 Å². The van der Waals surface area contributed by atoms with Gasteiger partial charge in [-0.3, -0.25) is 4.79 Å². The lowest BCUT2D eigenvalue weighted by atomic mass is 10.0. The first kappa shape index (κ1) is 13.1. The molecule has 0 saturated heterocycles. The minimum absolute atomic E-state index is 0.998. The minimum atomic E-state index is -5.12. The van der Waals surface area contributed by atoms with Crippen molar-refractivity contribution in [3.05, 3.63) is 0 Å².